The molecule has 2 aliphatic rings. The first kappa shape index (κ1) is 24.6. The number of amides is 1. The number of carbonyl (C=O) groups excluding carboxylic acids is 1. The summed E-state index contributed by atoms with van der Waals surface area (Å²) in [7, 11) is 3.31. The van der Waals surface area contributed by atoms with Gasteiger partial charge < -0.3 is 24.9 Å². The highest BCUT2D eigenvalue weighted by atomic mass is 16.7. The first-order chi connectivity index (χ1) is 16.1. The molecule has 1 saturated carbocycles. The average Bonchev–Trinajstić information content (AvgIpc) is 3.27. The summed E-state index contributed by atoms with van der Waals surface area (Å²) in [4.78, 5) is 20.0. The number of ether oxygens (including phenoxy) is 2. The molecule has 1 aromatic heterocycles. The van der Waals surface area contributed by atoms with Crippen LogP contribution >= 0.6 is 0 Å². The maximum atomic E-state index is 12.9. The number of methoxy groups -OCH3 is 2. The Balaban J connectivity index is 1.66. The Kier molecular flexibility index (Phi) is 6.73. The largest absolute Gasteiger partial charge is 0.385 e. The molecular weight excluding hydrogens is 430 g/mol. The van der Waals surface area contributed by atoms with E-state index in [0.29, 0.717) is 25.7 Å². The third-order valence-corrected chi connectivity index (χ3v) is 7.62. The molecule has 3 N–H and O–H groups in total. The van der Waals surface area contributed by atoms with Gasteiger partial charge in [-0.25, -0.2) is 4.98 Å². The van der Waals surface area contributed by atoms with Gasteiger partial charge in [-0.3, -0.25) is 4.79 Å². The third-order valence-electron chi connectivity index (χ3n) is 7.62. The predicted molar refractivity (Wildman–Crippen MR) is 132 cm³/mol. The first-order valence-corrected chi connectivity index (χ1v) is 12.1. The molecule has 1 heterocycles. The molecule has 0 saturated heterocycles. The SMILES string of the molecule is COC1(OC)CCC(O)(c2ccc(NC(=O)c3ncc(C)[nH]3)c(C3=CCC(C)(C)CC3)c2)CC1. The highest BCUT2D eigenvalue weighted by molar-refractivity contribution is 6.03. The summed E-state index contributed by atoms with van der Waals surface area (Å²) in [5.41, 5.74) is 3.90. The van der Waals surface area contributed by atoms with Crippen LogP contribution in [0.15, 0.2) is 30.5 Å². The van der Waals surface area contributed by atoms with E-state index in [9.17, 15) is 9.90 Å². The average molecular weight is 468 g/mol. The van der Waals surface area contributed by atoms with E-state index in [1.54, 1.807) is 20.4 Å². The molecule has 1 fully saturated rings. The predicted octanol–water partition coefficient (Wildman–Crippen LogP) is 5.31. The number of H-pyrrole nitrogens is 1. The molecular formula is C27H37N3O4. The number of nitrogens with one attached hydrogen (secondary N) is 2. The van der Waals surface area contributed by atoms with Gasteiger partial charge in [-0.05, 0) is 67.7 Å². The number of benzene rings is 1. The summed E-state index contributed by atoms with van der Waals surface area (Å²) >= 11 is 0. The van der Waals surface area contributed by atoms with Gasteiger partial charge in [0.15, 0.2) is 11.6 Å². The Hall–Kier alpha value is -2.48. The molecule has 2 aromatic rings. The summed E-state index contributed by atoms with van der Waals surface area (Å²) in [6.07, 6.45) is 9.19. The van der Waals surface area contributed by atoms with Crippen molar-refractivity contribution in [2.75, 3.05) is 19.5 Å². The normalized spacial score (nSPS) is 21.1. The van der Waals surface area contributed by atoms with Crippen molar-refractivity contribution in [3.8, 4) is 0 Å². The number of aromatic nitrogens is 2. The quantitative estimate of drug-likeness (QED) is 0.500. The number of nitrogens with zero attached hydrogens (tertiary/aromatic N) is 1. The minimum atomic E-state index is -0.968. The van der Waals surface area contributed by atoms with Crippen LogP contribution in [-0.4, -0.2) is 41.0 Å². The van der Waals surface area contributed by atoms with E-state index in [0.717, 1.165) is 41.8 Å². The monoisotopic (exact) mass is 467 g/mol. The molecule has 1 amide bonds. The number of carbonyl (C=O) groups is 1. The molecule has 7 nitrogen and oxygen atoms in total. The van der Waals surface area contributed by atoms with Crippen LogP contribution in [0.2, 0.25) is 0 Å². The number of rotatable bonds is 6. The summed E-state index contributed by atoms with van der Waals surface area (Å²) in [5.74, 6) is -0.630. The molecule has 184 valence electrons. The van der Waals surface area contributed by atoms with Crippen molar-refractivity contribution in [3.63, 3.8) is 0 Å². The number of aromatic amines is 1. The highest BCUT2D eigenvalue weighted by Gasteiger charge is 2.43. The minimum Gasteiger partial charge on any atom is -0.385 e. The summed E-state index contributed by atoms with van der Waals surface area (Å²) < 4.78 is 11.2. The Morgan fingerprint density at radius 2 is 1.82 bits per heavy atom. The standard InChI is InChI=1S/C27H37N3O4/c1-18-17-28-23(29-18)24(31)30-22-7-6-20(16-21(22)19-8-10-25(2,3)11-9-19)26(32)12-14-27(33-4,34-5)15-13-26/h6-8,16-17,32H,9-15H2,1-5H3,(H,28,29)(H,30,31). The van der Waals surface area contributed by atoms with E-state index >= 15 is 0 Å². The molecule has 4 rings (SSSR count). The zero-order valence-corrected chi connectivity index (χ0v) is 21.0. The van der Waals surface area contributed by atoms with Crippen LogP contribution in [0, 0.1) is 12.3 Å². The highest BCUT2D eigenvalue weighted by Crippen LogP contribution is 2.45. The molecule has 0 atom stereocenters. The summed E-state index contributed by atoms with van der Waals surface area (Å²) in [6.45, 7) is 6.42. The van der Waals surface area contributed by atoms with Gasteiger partial charge in [0.05, 0.1) is 5.60 Å². The number of allylic oxidation sites excluding steroid dienone is 2. The number of hydrogen-bond donors (Lipinski definition) is 3. The zero-order valence-electron chi connectivity index (χ0n) is 21.0. The number of aryl methyl sites for hydroxylation is 1. The fourth-order valence-corrected chi connectivity index (χ4v) is 5.06. The third kappa shape index (κ3) is 4.97. The lowest BCUT2D eigenvalue weighted by Gasteiger charge is -2.42. The number of anilines is 1. The van der Waals surface area contributed by atoms with Crippen LogP contribution in [-0.2, 0) is 15.1 Å². The van der Waals surface area contributed by atoms with Crippen molar-refractivity contribution in [2.45, 2.75) is 77.1 Å². The molecule has 7 heteroatoms. The van der Waals surface area contributed by atoms with Crippen molar-refractivity contribution in [1.29, 1.82) is 0 Å². The lowest BCUT2D eigenvalue weighted by molar-refractivity contribution is -0.243. The van der Waals surface area contributed by atoms with E-state index in [1.807, 2.05) is 19.1 Å². The minimum absolute atomic E-state index is 0.265. The number of imidazole rings is 1. The van der Waals surface area contributed by atoms with Gasteiger partial charge in [0.2, 0.25) is 0 Å². The van der Waals surface area contributed by atoms with Crippen LogP contribution in [0.5, 0.6) is 0 Å². The Morgan fingerprint density at radius 1 is 1.12 bits per heavy atom. The van der Waals surface area contributed by atoms with Gasteiger partial charge in [0.25, 0.3) is 5.91 Å². The number of aliphatic hydroxyl groups is 1. The fraction of sp³-hybridized carbons (Fsp3) is 0.556. The Morgan fingerprint density at radius 3 is 2.38 bits per heavy atom. The maximum absolute atomic E-state index is 12.9. The van der Waals surface area contributed by atoms with Crippen molar-refractivity contribution in [2.24, 2.45) is 5.41 Å². The molecule has 0 bridgehead atoms. The number of hydrogen-bond acceptors (Lipinski definition) is 5. The van der Waals surface area contributed by atoms with E-state index in [-0.39, 0.29) is 17.1 Å². The van der Waals surface area contributed by atoms with Crippen LogP contribution < -0.4 is 5.32 Å². The smallest absolute Gasteiger partial charge is 0.291 e. The molecule has 34 heavy (non-hydrogen) atoms. The van der Waals surface area contributed by atoms with Gasteiger partial charge >= 0.3 is 0 Å². The second kappa shape index (κ2) is 9.29. The lowest BCUT2D eigenvalue weighted by atomic mass is 9.74. The maximum Gasteiger partial charge on any atom is 0.291 e. The molecule has 2 aliphatic carbocycles. The summed E-state index contributed by atoms with van der Waals surface area (Å²) in [5, 5.41) is 14.6. The van der Waals surface area contributed by atoms with E-state index < -0.39 is 11.4 Å². The zero-order chi connectivity index (χ0) is 24.6. The van der Waals surface area contributed by atoms with Crippen LogP contribution in [0.4, 0.5) is 5.69 Å². The molecule has 0 aliphatic heterocycles. The van der Waals surface area contributed by atoms with Crippen LogP contribution in [0.1, 0.15) is 86.2 Å². The molecule has 1 aromatic carbocycles. The molecule has 0 unspecified atom stereocenters. The first-order valence-electron chi connectivity index (χ1n) is 12.1. The van der Waals surface area contributed by atoms with Gasteiger partial charge in [0, 0.05) is 50.2 Å². The van der Waals surface area contributed by atoms with E-state index in [1.165, 1.54) is 5.57 Å². The second-order valence-electron chi connectivity index (χ2n) is 10.6. The van der Waals surface area contributed by atoms with E-state index in [4.69, 9.17) is 9.47 Å². The topological polar surface area (TPSA) is 96.5 Å². The van der Waals surface area contributed by atoms with Crippen LogP contribution in [0.25, 0.3) is 5.57 Å². The second-order valence-corrected chi connectivity index (χ2v) is 10.6. The van der Waals surface area contributed by atoms with Crippen molar-refractivity contribution >= 4 is 17.2 Å². The van der Waals surface area contributed by atoms with Gasteiger partial charge in [-0.1, -0.05) is 26.0 Å². The summed E-state index contributed by atoms with van der Waals surface area (Å²) in [6, 6.07) is 5.89. The van der Waals surface area contributed by atoms with Crippen molar-refractivity contribution in [3.05, 3.63) is 53.1 Å². The Bertz CT molecular complexity index is 1070. The van der Waals surface area contributed by atoms with Crippen molar-refractivity contribution in [1.82, 2.24) is 9.97 Å². The molecule has 0 radical (unpaired) electrons. The fourth-order valence-electron chi connectivity index (χ4n) is 5.06. The van der Waals surface area contributed by atoms with Gasteiger partial charge in [0.1, 0.15) is 0 Å². The van der Waals surface area contributed by atoms with Crippen LogP contribution in [0.3, 0.4) is 0 Å². The Labute approximate surface area is 202 Å². The van der Waals surface area contributed by atoms with E-state index in [2.05, 4.69) is 41.3 Å². The van der Waals surface area contributed by atoms with Crippen molar-refractivity contribution < 1.29 is 19.4 Å². The van der Waals surface area contributed by atoms with Gasteiger partial charge in [-0.2, -0.15) is 0 Å². The van der Waals surface area contributed by atoms with Gasteiger partial charge in [-0.15, -0.1) is 0 Å². The molecule has 0 spiro atoms. The lowest BCUT2D eigenvalue weighted by Crippen LogP contribution is -2.43.